The number of aromatic hydroxyl groups is 1. The summed E-state index contributed by atoms with van der Waals surface area (Å²) in [4.78, 5) is 4.28. The van der Waals surface area contributed by atoms with Gasteiger partial charge >= 0.3 is 0 Å². The highest BCUT2D eigenvalue weighted by atomic mass is 16.3. The summed E-state index contributed by atoms with van der Waals surface area (Å²) in [6.07, 6.45) is 1.88. The topological polar surface area (TPSA) is 75.3 Å². The lowest BCUT2D eigenvalue weighted by atomic mass is 10.3. The number of hydrogen-bond donors (Lipinski definition) is 2. The molecule has 96 valence electrons. The van der Waals surface area contributed by atoms with Crippen LogP contribution in [0.5, 0.6) is 5.75 Å². The van der Waals surface area contributed by atoms with E-state index in [2.05, 4.69) is 20.5 Å². The van der Waals surface area contributed by atoms with Gasteiger partial charge in [-0.2, -0.15) is 0 Å². The van der Waals surface area contributed by atoms with Gasteiger partial charge in [0.25, 0.3) is 0 Å². The number of nitrogens with one attached hydrogen (secondary N) is 1. The first-order valence-corrected chi connectivity index (χ1v) is 5.93. The predicted molar refractivity (Wildman–Crippen MR) is 71.0 cm³/mol. The van der Waals surface area contributed by atoms with Crippen molar-refractivity contribution in [1.29, 1.82) is 0 Å². The van der Waals surface area contributed by atoms with Gasteiger partial charge in [-0.3, -0.25) is 9.38 Å². The number of nitrogens with zero attached hydrogens (tertiary/aromatic N) is 4. The van der Waals surface area contributed by atoms with Crippen molar-refractivity contribution in [2.75, 3.05) is 5.32 Å². The molecule has 0 bridgehead atoms. The fraction of sp³-hybridized carbons (Fsp3) is 0.154. The molecule has 0 amide bonds. The molecule has 0 aromatic carbocycles. The van der Waals surface area contributed by atoms with Crippen LogP contribution in [-0.4, -0.2) is 24.7 Å². The van der Waals surface area contributed by atoms with E-state index >= 15 is 0 Å². The van der Waals surface area contributed by atoms with Crippen LogP contribution in [0.1, 0.15) is 11.4 Å². The molecule has 3 aromatic rings. The molecule has 0 atom stereocenters. The van der Waals surface area contributed by atoms with Gasteiger partial charge in [0.2, 0.25) is 5.95 Å². The third-order valence-corrected chi connectivity index (χ3v) is 2.82. The minimum Gasteiger partial charge on any atom is -0.506 e. The highest BCUT2D eigenvalue weighted by Gasteiger charge is 2.07. The molecule has 3 rings (SSSR count). The fourth-order valence-corrected chi connectivity index (χ4v) is 1.86. The number of anilines is 1. The second-order valence-corrected chi connectivity index (χ2v) is 4.22. The Balaban J connectivity index is 1.84. The van der Waals surface area contributed by atoms with Gasteiger partial charge in [-0.05, 0) is 31.2 Å². The van der Waals surface area contributed by atoms with Crippen molar-refractivity contribution >= 4 is 11.6 Å². The molecule has 0 spiro atoms. The number of pyridine rings is 2. The fourth-order valence-electron chi connectivity index (χ4n) is 1.86. The van der Waals surface area contributed by atoms with E-state index in [4.69, 9.17) is 0 Å². The van der Waals surface area contributed by atoms with Gasteiger partial charge in [0.15, 0.2) is 5.65 Å². The standard InChI is InChI=1S/C13H13N5O/c1-9-5-6-11(19)10(15-9)8-14-13-17-16-12-4-2-3-7-18(12)13/h2-7,19H,8H2,1H3,(H,14,17). The number of hydrogen-bond acceptors (Lipinski definition) is 5. The van der Waals surface area contributed by atoms with Gasteiger partial charge in [0.05, 0.1) is 6.54 Å². The first kappa shape index (κ1) is 11.5. The highest BCUT2D eigenvalue weighted by molar-refractivity contribution is 5.45. The number of fused-ring (bicyclic) bond motifs is 1. The van der Waals surface area contributed by atoms with E-state index in [0.29, 0.717) is 18.2 Å². The third-order valence-electron chi connectivity index (χ3n) is 2.82. The second-order valence-electron chi connectivity index (χ2n) is 4.22. The van der Waals surface area contributed by atoms with E-state index in [0.717, 1.165) is 11.3 Å². The van der Waals surface area contributed by atoms with E-state index in [1.807, 2.05) is 35.7 Å². The SMILES string of the molecule is Cc1ccc(O)c(CNc2nnc3ccccn23)n1. The summed E-state index contributed by atoms with van der Waals surface area (Å²) >= 11 is 0. The lowest BCUT2D eigenvalue weighted by Gasteiger charge is -2.06. The van der Waals surface area contributed by atoms with Crippen LogP contribution in [0.25, 0.3) is 5.65 Å². The summed E-state index contributed by atoms with van der Waals surface area (Å²) in [7, 11) is 0. The van der Waals surface area contributed by atoms with Crippen LogP contribution in [0.15, 0.2) is 36.5 Å². The Kier molecular flexibility index (Phi) is 2.75. The van der Waals surface area contributed by atoms with E-state index in [1.165, 1.54) is 0 Å². The number of aromatic nitrogens is 4. The molecule has 2 N–H and O–H groups in total. The van der Waals surface area contributed by atoms with Crippen molar-refractivity contribution in [3.63, 3.8) is 0 Å². The molecule has 0 aliphatic carbocycles. The molecule has 0 aliphatic heterocycles. The van der Waals surface area contributed by atoms with Crippen LogP contribution in [0.3, 0.4) is 0 Å². The zero-order chi connectivity index (χ0) is 13.2. The number of aryl methyl sites for hydroxylation is 1. The third kappa shape index (κ3) is 2.20. The van der Waals surface area contributed by atoms with Crippen molar-refractivity contribution in [3.8, 4) is 5.75 Å². The van der Waals surface area contributed by atoms with Gasteiger partial charge in [0, 0.05) is 11.9 Å². The summed E-state index contributed by atoms with van der Waals surface area (Å²) in [5.41, 5.74) is 2.22. The van der Waals surface area contributed by atoms with E-state index < -0.39 is 0 Å². The highest BCUT2D eigenvalue weighted by Crippen LogP contribution is 2.16. The first-order valence-electron chi connectivity index (χ1n) is 5.93. The summed E-state index contributed by atoms with van der Waals surface area (Å²) < 4.78 is 1.84. The molecular weight excluding hydrogens is 242 g/mol. The minimum atomic E-state index is 0.173. The van der Waals surface area contributed by atoms with Crippen LogP contribution >= 0.6 is 0 Å². The van der Waals surface area contributed by atoms with E-state index in [1.54, 1.807) is 12.1 Å². The lowest BCUT2D eigenvalue weighted by molar-refractivity contribution is 0.464. The molecule has 3 heterocycles. The van der Waals surface area contributed by atoms with Crippen molar-refractivity contribution < 1.29 is 5.11 Å². The molecule has 19 heavy (non-hydrogen) atoms. The molecule has 0 saturated heterocycles. The van der Waals surface area contributed by atoms with Crippen LogP contribution < -0.4 is 5.32 Å². The van der Waals surface area contributed by atoms with Crippen LogP contribution in [0.2, 0.25) is 0 Å². The van der Waals surface area contributed by atoms with Crippen molar-refractivity contribution in [3.05, 3.63) is 47.9 Å². The Labute approximate surface area is 109 Å². The molecule has 3 aromatic heterocycles. The maximum atomic E-state index is 9.73. The largest absolute Gasteiger partial charge is 0.506 e. The summed E-state index contributed by atoms with van der Waals surface area (Å²) in [6.45, 7) is 2.28. The van der Waals surface area contributed by atoms with E-state index in [-0.39, 0.29) is 5.75 Å². The van der Waals surface area contributed by atoms with Gasteiger partial charge < -0.3 is 10.4 Å². The Hall–Kier alpha value is -2.63. The normalized spacial score (nSPS) is 10.8. The lowest BCUT2D eigenvalue weighted by Crippen LogP contribution is -2.05. The van der Waals surface area contributed by atoms with Gasteiger partial charge in [-0.15, -0.1) is 10.2 Å². The summed E-state index contributed by atoms with van der Waals surface area (Å²) in [5.74, 6) is 0.797. The van der Waals surface area contributed by atoms with Crippen molar-refractivity contribution in [2.45, 2.75) is 13.5 Å². The Morgan fingerprint density at radius 2 is 2.11 bits per heavy atom. The zero-order valence-corrected chi connectivity index (χ0v) is 10.4. The maximum Gasteiger partial charge on any atom is 0.229 e. The summed E-state index contributed by atoms with van der Waals surface area (Å²) in [6, 6.07) is 9.10. The molecule has 6 nitrogen and oxygen atoms in total. The Bertz CT molecular complexity index is 722. The maximum absolute atomic E-state index is 9.73. The van der Waals surface area contributed by atoms with Crippen LogP contribution in [0.4, 0.5) is 5.95 Å². The second kappa shape index (κ2) is 4.56. The van der Waals surface area contributed by atoms with Crippen LogP contribution in [-0.2, 0) is 6.54 Å². The minimum absolute atomic E-state index is 0.173. The molecule has 0 unspecified atom stereocenters. The van der Waals surface area contributed by atoms with Gasteiger partial charge in [0.1, 0.15) is 11.4 Å². The molecule has 0 radical (unpaired) electrons. The first-order chi connectivity index (χ1) is 9.24. The number of rotatable bonds is 3. The Morgan fingerprint density at radius 1 is 1.21 bits per heavy atom. The predicted octanol–water partition coefficient (Wildman–Crippen LogP) is 1.75. The molecule has 0 saturated carbocycles. The van der Waals surface area contributed by atoms with Gasteiger partial charge in [-0.25, -0.2) is 0 Å². The van der Waals surface area contributed by atoms with Crippen LogP contribution in [0, 0.1) is 6.92 Å². The average Bonchev–Trinajstić information content (AvgIpc) is 2.83. The molecule has 0 fully saturated rings. The monoisotopic (exact) mass is 255 g/mol. The summed E-state index contributed by atoms with van der Waals surface area (Å²) in [5, 5.41) is 20.9. The van der Waals surface area contributed by atoms with Crippen molar-refractivity contribution in [2.24, 2.45) is 0 Å². The Morgan fingerprint density at radius 3 is 3.00 bits per heavy atom. The molecule has 6 heteroatoms. The van der Waals surface area contributed by atoms with Crippen molar-refractivity contribution in [1.82, 2.24) is 19.6 Å². The van der Waals surface area contributed by atoms with E-state index in [9.17, 15) is 5.11 Å². The molecular formula is C13H13N5O. The average molecular weight is 255 g/mol. The van der Waals surface area contributed by atoms with Gasteiger partial charge in [-0.1, -0.05) is 6.07 Å². The molecule has 0 aliphatic rings. The quantitative estimate of drug-likeness (QED) is 0.745. The smallest absolute Gasteiger partial charge is 0.229 e. The zero-order valence-electron chi connectivity index (χ0n) is 10.4.